The second kappa shape index (κ2) is 4.22. The van der Waals surface area contributed by atoms with Crippen molar-refractivity contribution in [3.05, 3.63) is 41.8 Å². The van der Waals surface area contributed by atoms with Crippen LogP contribution in [-0.4, -0.2) is 14.9 Å². The van der Waals surface area contributed by atoms with E-state index in [9.17, 15) is 4.39 Å². The van der Waals surface area contributed by atoms with Gasteiger partial charge in [-0.05, 0) is 17.7 Å². The lowest BCUT2D eigenvalue weighted by atomic mass is 10.2. The van der Waals surface area contributed by atoms with Crippen LogP contribution in [0.4, 0.5) is 10.2 Å². The molecular weight excluding hydrogens is 209 g/mol. The monoisotopic (exact) mass is 221 g/mol. The smallest absolute Gasteiger partial charge is 0.165 e. The van der Waals surface area contributed by atoms with E-state index < -0.39 is 5.82 Å². The molecule has 0 fully saturated rings. The van der Waals surface area contributed by atoms with Gasteiger partial charge >= 0.3 is 0 Å². The zero-order valence-electron chi connectivity index (χ0n) is 8.81. The third kappa shape index (κ3) is 2.31. The van der Waals surface area contributed by atoms with Crippen LogP contribution in [0.1, 0.15) is 5.56 Å². The summed E-state index contributed by atoms with van der Waals surface area (Å²) in [6, 6.07) is 6.13. The Labute approximate surface area is 92.3 Å². The molecule has 84 valence electrons. The van der Waals surface area contributed by atoms with E-state index in [-0.39, 0.29) is 5.75 Å². The highest BCUT2D eigenvalue weighted by Gasteiger charge is 2.02. The highest BCUT2D eigenvalue weighted by atomic mass is 19.1. The summed E-state index contributed by atoms with van der Waals surface area (Å²) in [5, 5.41) is 16.2. The van der Waals surface area contributed by atoms with Crippen molar-refractivity contribution in [1.29, 1.82) is 0 Å². The zero-order chi connectivity index (χ0) is 11.5. The molecule has 0 saturated heterocycles. The summed E-state index contributed by atoms with van der Waals surface area (Å²) in [6.45, 7) is 0.466. The SMILES string of the molecule is Cn1ccc(NCc2ccc(O)c(F)c2)n1. The average Bonchev–Trinajstić information content (AvgIpc) is 2.66. The number of aryl methyl sites for hydroxylation is 1. The molecule has 1 heterocycles. The molecule has 16 heavy (non-hydrogen) atoms. The summed E-state index contributed by atoms with van der Waals surface area (Å²) >= 11 is 0. The highest BCUT2D eigenvalue weighted by Crippen LogP contribution is 2.16. The van der Waals surface area contributed by atoms with E-state index in [1.165, 1.54) is 12.1 Å². The van der Waals surface area contributed by atoms with Crippen molar-refractivity contribution in [3.8, 4) is 5.75 Å². The Morgan fingerprint density at radius 1 is 1.44 bits per heavy atom. The first-order valence-electron chi connectivity index (χ1n) is 4.86. The Morgan fingerprint density at radius 3 is 2.88 bits per heavy atom. The molecule has 1 aromatic carbocycles. The van der Waals surface area contributed by atoms with E-state index in [4.69, 9.17) is 5.11 Å². The largest absolute Gasteiger partial charge is 0.505 e. The highest BCUT2D eigenvalue weighted by molar-refractivity contribution is 5.35. The van der Waals surface area contributed by atoms with Gasteiger partial charge in [-0.2, -0.15) is 5.10 Å². The Balaban J connectivity index is 2.02. The molecule has 0 aliphatic heterocycles. The number of phenolic OH excluding ortho intramolecular Hbond substituents is 1. The second-order valence-corrected chi connectivity index (χ2v) is 3.51. The Bertz CT molecular complexity index is 496. The van der Waals surface area contributed by atoms with Crippen LogP contribution < -0.4 is 5.32 Å². The summed E-state index contributed by atoms with van der Waals surface area (Å²) in [4.78, 5) is 0. The Kier molecular flexibility index (Phi) is 2.76. The number of nitrogens with one attached hydrogen (secondary N) is 1. The third-order valence-corrected chi connectivity index (χ3v) is 2.20. The van der Waals surface area contributed by atoms with Crippen LogP contribution in [-0.2, 0) is 13.6 Å². The van der Waals surface area contributed by atoms with Crippen molar-refractivity contribution < 1.29 is 9.50 Å². The molecule has 0 aliphatic carbocycles. The van der Waals surface area contributed by atoms with Crippen LogP contribution >= 0.6 is 0 Å². The van der Waals surface area contributed by atoms with Crippen molar-refractivity contribution in [2.24, 2.45) is 7.05 Å². The molecule has 2 rings (SSSR count). The Morgan fingerprint density at radius 2 is 2.25 bits per heavy atom. The number of anilines is 1. The van der Waals surface area contributed by atoms with E-state index in [2.05, 4.69) is 10.4 Å². The maximum Gasteiger partial charge on any atom is 0.165 e. The molecule has 0 amide bonds. The molecule has 0 aliphatic rings. The topological polar surface area (TPSA) is 50.1 Å². The molecule has 0 radical (unpaired) electrons. The van der Waals surface area contributed by atoms with Gasteiger partial charge in [0.1, 0.15) is 5.82 Å². The minimum Gasteiger partial charge on any atom is -0.505 e. The summed E-state index contributed by atoms with van der Waals surface area (Å²) in [6.07, 6.45) is 1.82. The molecule has 2 N–H and O–H groups in total. The number of rotatable bonds is 3. The molecule has 1 aromatic heterocycles. The minimum absolute atomic E-state index is 0.332. The van der Waals surface area contributed by atoms with Crippen LogP contribution in [0.5, 0.6) is 5.75 Å². The van der Waals surface area contributed by atoms with Gasteiger partial charge in [0.2, 0.25) is 0 Å². The fraction of sp³-hybridized carbons (Fsp3) is 0.182. The number of aromatic hydroxyl groups is 1. The van der Waals surface area contributed by atoms with E-state index in [0.717, 1.165) is 11.4 Å². The second-order valence-electron chi connectivity index (χ2n) is 3.51. The third-order valence-electron chi connectivity index (χ3n) is 2.20. The molecule has 2 aromatic rings. The van der Waals surface area contributed by atoms with E-state index >= 15 is 0 Å². The van der Waals surface area contributed by atoms with E-state index in [1.54, 1.807) is 10.7 Å². The van der Waals surface area contributed by atoms with Gasteiger partial charge in [-0.25, -0.2) is 4.39 Å². The first-order valence-corrected chi connectivity index (χ1v) is 4.86. The van der Waals surface area contributed by atoms with Gasteiger partial charge in [0.05, 0.1) is 0 Å². The number of hydrogen-bond acceptors (Lipinski definition) is 3. The number of halogens is 1. The maximum atomic E-state index is 13.0. The van der Waals surface area contributed by atoms with Crippen molar-refractivity contribution in [3.63, 3.8) is 0 Å². The van der Waals surface area contributed by atoms with Crippen LogP contribution in [0.3, 0.4) is 0 Å². The molecule has 4 nitrogen and oxygen atoms in total. The van der Waals surface area contributed by atoms with Gasteiger partial charge in [0.25, 0.3) is 0 Å². The molecule has 5 heteroatoms. The number of aromatic nitrogens is 2. The lowest BCUT2D eigenvalue weighted by molar-refractivity contribution is 0.432. The van der Waals surface area contributed by atoms with Crippen molar-refractivity contribution >= 4 is 5.82 Å². The molecule has 0 saturated carbocycles. The maximum absolute atomic E-state index is 13.0. The van der Waals surface area contributed by atoms with Gasteiger partial charge in [0.15, 0.2) is 11.6 Å². The number of phenols is 1. The van der Waals surface area contributed by atoms with Gasteiger partial charge in [-0.1, -0.05) is 6.07 Å². The van der Waals surface area contributed by atoms with Gasteiger partial charge in [-0.15, -0.1) is 0 Å². The van der Waals surface area contributed by atoms with Crippen LogP contribution in [0.2, 0.25) is 0 Å². The van der Waals surface area contributed by atoms with Crippen molar-refractivity contribution in [2.75, 3.05) is 5.32 Å². The normalized spacial score (nSPS) is 10.4. The van der Waals surface area contributed by atoms with Crippen LogP contribution in [0.15, 0.2) is 30.5 Å². The fourth-order valence-electron chi connectivity index (χ4n) is 1.36. The standard InChI is InChI=1S/C11H12FN3O/c1-15-5-4-11(14-15)13-7-8-2-3-10(16)9(12)6-8/h2-6,16H,7H2,1H3,(H,13,14). The van der Waals surface area contributed by atoms with Crippen molar-refractivity contribution in [2.45, 2.75) is 6.54 Å². The number of benzene rings is 1. The van der Waals surface area contributed by atoms with Gasteiger partial charge < -0.3 is 10.4 Å². The molecular formula is C11H12FN3O. The quantitative estimate of drug-likeness (QED) is 0.832. The summed E-state index contributed by atoms with van der Waals surface area (Å²) in [5.74, 6) is -0.210. The molecule has 0 atom stereocenters. The lowest BCUT2D eigenvalue weighted by Gasteiger charge is -2.04. The lowest BCUT2D eigenvalue weighted by Crippen LogP contribution is -2.01. The number of nitrogens with zero attached hydrogens (tertiary/aromatic N) is 2. The first kappa shape index (κ1) is 10.5. The fourth-order valence-corrected chi connectivity index (χ4v) is 1.36. The van der Waals surface area contributed by atoms with Crippen molar-refractivity contribution in [1.82, 2.24) is 9.78 Å². The van der Waals surface area contributed by atoms with Crippen LogP contribution in [0, 0.1) is 5.82 Å². The predicted molar refractivity (Wildman–Crippen MR) is 58.6 cm³/mol. The van der Waals surface area contributed by atoms with E-state index in [1.807, 2.05) is 19.3 Å². The van der Waals surface area contributed by atoms with Crippen LogP contribution in [0.25, 0.3) is 0 Å². The summed E-state index contributed by atoms with van der Waals surface area (Å²) < 4.78 is 14.7. The Hall–Kier alpha value is -2.04. The molecule has 0 unspecified atom stereocenters. The zero-order valence-corrected chi connectivity index (χ0v) is 8.81. The predicted octanol–water partition coefficient (Wildman–Crippen LogP) is 1.88. The summed E-state index contributed by atoms with van der Waals surface area (Å²) in [7, 11) is 1.82. The number of hydrogen-bond donors (Lipinski definition) is 2. The molecule has 0 bridgehead atoms. The van der Waals surface area contributed by atoms with E-state index in [0.29, 0.717) is 6.54 Å². The first-order chi connectivity index (χ1) is 7.65. The van der Waals surface area contributed by atoms with Gasteiger partial charge in [0, 0.05) is 25.9 Å². The minimum atomic E-state index is -0.611. The molecule has 0 spiro atoms. The summed E-state index contributed by atoms with van der Waals surface area (Å²) in [5.41, 5.74) is 0.751. The van der Waals surface area contributed by atoms with Gasteiger partial charge in [-0.3, -0.25) is 4.68 Å². The average molecular weight is 221 g/mol.